The van der Waals surface area contributed by atoms with E-state index in [9.17, 15) is 9.90 Å². The maximum atomic E-state index is 11.0. The number of aliphatic hydroxyl groups is 1. The highest BCUT2D eigenvalue weighted by molar-refractivity contribution is 5.93. The Kier molecular flexibility index (Phi) is 4.20. The molecule has 0 radical (unpaired) electrons. The maximum absolute atomic E-state index is 11.0. The number of hydrogen-bond donors (Lipinski definition) is 2. The number of aromatic carboxylic acids is 1. The van der Waals surface area contributed by atoms with E-state index in [0.717, 1.165) is 16.7 Å². The molecule has 3 heterocycles. The zero-order valence-corrected chi connectivity index (χ0v) is 15.4. The van der Waals surface area contributed by atoms with Gasteiger partial charge >= 0.3 is 5.97 Å². The first-order chi connectivity index (χ1) is 13.3. The molecule has 140 valence electrons. The average molecular weight is 374 g/mol. The molecule has 0 aliphatic carbocycles. The summed E-state index contributed by atoms with van der Waals surface area (Å²) in [4.78, 5) is 19.7. The van der Waals surface area contributed by atoms with Crippen LogP contribution in [0.15, 0.2) is 65.3 Å². The van der Waals surface area contributed by atoms with Crippen LogP contribution in [0.1, 0.15) is 29.9 Å². The normalized spacial score (nSPS) is 11.7. The summed E-state index contributed by atoms with van der Waals surface area (Å²) < 4.78 is 6.07. The number of carboxylic acid groups (broad SMARTS) is 1. The van der Waals surface area contributed by atoms with Gasteiger partial charge in [0.25, 0.3) is 0 Å². The van der Waals surface area contributed by atoms with E-state index in [1.807, 2.05) is 24.3 Å². The number of furan rings is 1. The second-order valence-electron chi connectivity index (χ2n) is 7.05. The Labute approximate surface area is 161 Å². The lowest BCUT2D eigenvalue weighted by atomic mass is 10.00. The Morgan fingerprint density at radius 1 is 0.964 bits per heavy atom. The molecule has 1 aromatic carbocycles. The number of benzene rings is 1. The molecule has 6 nitrogen and oxygen atoms in total. The molecular weight excluding hydrogens is 356 g/mol. The van der Waals surface area contributed by atoms with Gasteiger partial charge in [0.2, 0.25) is 0 Å². The Morgan fingerprint density at radius 2 is 1.68 bits per heavy atom. The third kappa shape index (κ3) is 3.25. The van der Waals surface area contributed by atoms with Crippen molar-refractivity contribution < 1.29 is 19.4 Å². The van der Waals surface area contributed by atoms with Gasteiger partial charge in [-0.2, -0.15) is 0 Å². The van der Waals surface area contributed by atoms with Gasteiger partial charge in [0.1, 0.15) is 16.9 Å². The molecular formula is C22H18N2O4. The van der Waals surface area contributed by atoms with Crippen LogP contribution < -0.4 is 0 Å². The van der Waals surface area contributed by atoms with Crippen molar-refractivity contribution in [3.63, 3.8) is 0 Å². The van der Waals surface area contributed by atoms with Gasteiger partial charge in [-0.05, 0) is 49.7 Å². The van der Waals surface area contributed by atoms with Gasteiger partial charge in [-0.15, -0.1) is 0 Å². The quantitative estimate of drug-likeness (QED) is 0.547. The first-order valence-electron chi connectivity index (χ1n) is 8.74. The monoisotopic (exact) mass is 374 g/mol. The summed E-state index contributed by atoms with van der Waals surface area (Å²) in [5.41, 5.74) is 3.50. The lowest BCUT2D eigenvalue weighted by Crippen LogP contribution is -2.17. The third-order valence-electron chi connectivity index (χ3n) is 4.53. The predicted octanol–water partition coefficient (Wildman–Crippen LogP) is 4.48. The number of fused-ring (bicyclic) bond motifs is 1. The summed E-state index contributed by atoms with van der Waals surface area (Å²) in [5.74, 6) is -0.371. The van der Waals surface area contributed by atoms with Gasteiger partial charge in [0.15, 0.2) is 5.58 Å². The summed E-state index contributed by atoms with van der Waals surface area (Å²) in [7, 11) is 0. The van der Waals surface area contributed by atoms with Crippen LogP contribution in [-0.4, -0.2) is 26.2 Å². The molecule has 2 N–H and O–H groups in total. The zero-order valence-electron chi connectivity index (χ0n) is 15.4. The highest BCUT2D eigenvalue weighted by atomic mass is 16.4. The van der Waals surface area contributed by atoms with Crippen molar-refractivity contribution in [2.24, 2.45) is 0 Å². The summed E-state index contributed by atoms with van der Waals surface area (Å²) in [6.45, 7) is 3.38. The van der Waals surface area contributed by atoms with Gasteiger partial charge in [-0.25, -0.2) is 4.79 Å². The van der Waals surface area contributed by atoms with Crippen LogP contribution in [0.5, 0.6) is 0 Å². The Hall–Kier alpha value is -3.51. The molecule has 4 rings (SSSR count). The largest absolute Gasteiger partial charge is 0.478 e. The number of hydrogen-bond acceptors (Lipinski definition) is 5. The molecule has 0 saturated heterocycles. The van der Waals surface area contributed by atoms with E-state index < -0.39 is 11.6 Å². The molecule has 0 saturated carbocycles. The van der Waals surface area contributed by atoms with Crippen LogP contribution >= 0.6 is 0 Å². The summed E-state index contributed by atoms with van der Waals surface area (Å²) in [6, 6.07) is 13.9. The highest BCUT2D eigenvalue weighted by Crippen LogP contribution is 2.34. The molecule has 0 aliphatic heterocycles. The van der Waals surface area contributed by atoms with Crippen molar-refractivity contribution in [3.8, 4) is 22.5 Å². The minimum atomic E-state index is -1.05. The lowest BCUT2D eigenvalue weighted by molar-refractivity contribution is 0.0695. The summed E-state index contributed by atoms with van der Waals surface area (Å²) in [5, 5.41) is 19.3. The third-order valence-corrected chi connectivity index (χ3v) is 4.53. The van der Waals surface area contributed by atoms with Crippen molar-refractivity contribution in [2.45, 2.75) is 19.4 Å². The van der Waals surface area contributed by atoms with E-state index in [0.29, 0.717) is 22.6 Å². The molecule has 0 fully saturated rings. The molecule has 6 heteroatoms. The van der Waals surface area contributed by atoms with Crippen LogP contribution in [0.25, 0.3) is 33.6 Å². The summed E-state index contributed by atoms with van der Waals surface area (Å²) in [6.07, 6.45) is 3.36. The molecule has 4 aromatic rings. The molecule has 0 amide bonds. The Balaban J connectivity index is 1.81. The fourth-order valence-corrected chi connectivity index (χ4v) is 3.02. The predicted molar refractivity (Wildman–Crippen MR) is 105 cm³/mol. The maximum Gasteiger partial charge on any atom is 0.335 e. The Morgan fingerprint density at radius 3 is 2.36 bits per heavy atom. The van der Waals surface area contributed by atoms with E-state index in [1.165, 1.54) is 12.1 Å². The highest BCUT2D eigenvalue weighted by Gasteiger charge is 2.19. The number of rotatable bonds is 4. The van der Waals surface area contributed by atoms with Gasteiger partial charge in [0, 0.05) is 29.6 Å². The summed E-state index contributed by atoms with van der Waals surface area (Å²) >= 11 is 0. The van der Waals surface area contributed by atoms with Gasteiger partial charge in [0.05, 0.1) is 11.3 Å². The Bertz CT molecular complexity index is 1170. The van der Waals surface area contributed by atoms with Crippen LogP contribution in [-0.2, 0) is 5.60 Å². The van der Waals surface area contributed by atoms with Gasteiger partial charge in [-0.3, -0.25) is 9.97 Å². The minimum Gasteiger partial charge on any atom is -0.478 e. The molecule has 0 unspecified atom stereocenters. The minimum absolute atomic E-state index is 0.217. The van der Waals surface area contributed by atoms with E-state index in [2.05, 4.69) is 9.97 Å². The van der Waals surface area contributed by atoms with Crippen LogP contribution in [0, 0.1) is 0 Å². The molecule has 0 aliphatic rings. The molecule has 0 atom stereocenters. The second kappa shape index (κ2) is 6.58. The second-order valence-corrected chi connectivity index (χ2v) is 7.05. The van der Waals surface area contributed by atoms with E-state index in [1.54, 1.807) is 38.4 Å². The molecule has 0 spiro atoms. The number of pyridine rings is 2. The van der Waals surface area contributed by atoms with Crippen molar-refractivity contribution >= 4 is 17.1 Å². The van der Waals surface area contributed by atoms with Crippen LogP contribution in [0.2, 0.25) is 0 Å². The number of aromatic nitrogens is 2. The first kappa shape index (κ1) is 17.9. The van der Waals surface area contributed by atoms with E-state index in [4.69, 9.17) is 9.52 Å². The zero-order chi connectivity index (χ0) is 19.9. The molecule has 0 bridgehead atoms. The lowest BCUT2D eigenvalue weighted by Gasteiger charge is -2.17. The van der Waals surface area contributed by atoms with Crippen LogP contribution in [0.3, 0.4) is 0 Å². The topological polar surface area (TPSA) is 96.5 Å². The standard InChI is InChI=1S/C22H18N2O4/c1-22(2,27)19-11-15(7-9-24-19)16-8-10-23-17-12-18(28-20(16)17)13-3-5-14(6-4-13)21(25)26/h3-12,27H,1-2H3,(H,25,26). The van der Waals surface area contributed by atoms with Crippen molar-refractivity contribution in [1.82, 2.24) is 9.97 Å². The van der Waals surface area contributed by atoms with Crippen LogP contribution in [0.4, 0.5) is 0 Å². The van der Waals surface area contributed by atoms with Gasteiger partial charge < -0.3 is 14.6 Å². The number of nitrogens with zero attached hydrogens (tertiary/aromatic N) is 2. The molecule has 3 aromatic heterocycles. The van der Waals surface area contributed by atoms with Gasteiger partial charge in [-0.1, -0.05) is 12.1 Å². The van der Waals surface area contributed by atoms with Crippen molar-refractivity contribution in [2.75, 3.05) is 0 Å². The average Bonchev–Trinajstić information content (AvgIpc) is 3.12. The van der Waals surface area contributed by atoms with Crippen molar-refractivity contribution in [3.05, 3.63) is 72.2 Å². The molecule has 28 heavy (non-hydrogen) atoms. The smallest absolute Gasteiger partial charge is 0.335 e. The number of carbonyl (C=O) groups is 1. The fourth-order valence-electron chi connectivity index (χ4n) is 3.02. The fraction of sp³-hybridized carbons (Fsp3) is 0.136. The first-order valence-corrected chi connectivity index (χ1v) is 8.74. The van der Waals surface area contributed by atoms with E-state index in [-0.39, 0.29) is 5.56 Å². The van der Waals surface area contributed by atoms with Crippen molar-refractivity contribution in [1.29, 1.82) is 0 Å². The SMILES string of the molecule is CC(C)(O)c1cc(-c2ccnc3cc(-c4ccc(C(=O)O)cc4)oc23)ccn1. The number of carboxylic acids is 1. The van der Waals surface area contributed by atoms with E-state index >= 15 is 0 Å².